The topological polar surface area (TPSA) is 121 Å². The number of anilines is 2. The summed E-state index contributed by atoms with van der Waals surface area (Å²) >= 11 is 0. The zero-order valence-electron chi connectivity index (χ0n) is 22.4. The number of nitrogens with zero attached hydrogens (tertiary/aromatic N) is 2. The molecule has 1 aliphatic heterocycles. The van der Waals surface area contributed by atoms with Crippen LogP contribution in [0.5, 0.6) is 5.75 Å². The van der Waals surface area contributed by atoms with Crippen molar-refractivity contribution in [2.45, 2.75) is 25.9 Å². The van der Waals surface area contributed by atoms with Gasteiger partial charge in [-0.05, 0) is 36.4 Å². The number of amides is 3. The average Bonchev–Trinajstić information content (AvgIpc) is 3.29. The first-order valence-electron chi connectivity index (χ1n) is 12.0. The van der Waals surface area contributed by atoms with Crippen LogP contribution in [-0.2, 0) is 9.59 Å². The van der Waals surface area contributed by atoms with Gasteiger partial charge < -0.3 is 20.5 Å². The first-order chi connectivity index (χ1) is 19.8. The van der Waals surface area contributed by atoms with Crippen molar-refractivity contribution in [1.29, 1.82) is 0 Å². The summed E-state index contributed by atoms with van der Waals surface area (Å²) in [4.78, 5) is 39.3. The van der Waals surface area contributed by atoms with E-state index < -0.39 is 41.8 Å². The van der Waals surface area contributed by atoms with Gasteiger partial charge in [-0.1, -0.05) is 0 Å². The number of alkyl halides is 2. The molecule has 1 aromatic heterocycles. The fourth-order valence-electron chi connectivity index (χ4n) is 3.79. The van der Waals surface area contributed by atoms with E-state index in [9.17, 15) is 40.7 Å². The minimum Gasteiger partial charge on any atom is -0.497 e. The van der Waals surface area contributed by atoms with Gasteiger partial charge >= 0.3 is 6.61 Å². The molecular formula is C27H26F6N4O5. The van der Waals surface area contributed by atoms with E-state index >= 15 is 0 Å². The van der Waals surface area contributed by atoms with E-state index in [1.165, 1.54) is 51.4 Å². The Hall–Kier alpha value is -4.66. The zero-order valence-corrected chi connectivity index (χ0v) is 22.4. The second-order valence-corrected chi connectivity index (χ2v) is 8.46. The number of halogens is 6. The molecular weight excluding hydrogens is 574 g/mol. The molecule has 3 amide bonds. The van der Waals surface area contributed by atoms with Crippen LogP contribution < -0.4 is 20.3 Å². The molecule has 0 radical (unpaired) electrons. The lowest BCUT2D eigenvalue weighted by Crippen LogP contribution is -2.27. The van der Waals surface area contributed by atoms with Crippen molar-refractivity contribution in [3.63, 3.8) is 0 Å². The number of aliphatic hydroxyl groups excluding tert-OH is 1. The number of carbonyl (C=O) groups excluding carboxylic acids is 3. The summed E-state index contributed by atoms with van der Waals surface area (Å²) in [6.45, 7) is -2.05. The monoisotopic (exact) mass is 600 g/mol. The van der Waals surface area contributed by atoms with Gasteiger partial charge in [-0.3, -0.25) is 19.3 Å². The second kappa shape index (κ2) is 15.4. The molecule has 0 bridgehead atoms. The lowest BCUT2D eigenvalue weighted by Gasteiger charge is -2.18. The molecule has 1 aliphatic rings. The Labute approximate surface area is 236 Å². The molecule has 15 heteroatoms. The number of ether oxygens (including phenoxy) is 1. The van der Waals surface area contributed by atoms with Crippen LogP contribution in [0, 0.1) is 23.3 Å². The quantitative estimate of drug-likeness (QED) is 0.374. The van der Waals surface area contributed by atoms with Gasteiger partial charge in [0.25, 0.3) is 5.91 Å². The van der Waals surface area contributed by atoms with Crippen LogP contribution in [0.1, 0.15) is 35.2 Å². The molecule has 2 aromatic carbocycles. The summed E-state index contributed by atoms with van der Waals surface area (Å²) in [5.41, 5.74) is 0.207. The van der Waals surface area contributed by atoms with Crippen molar-refractivity contribution >= 4 is 29.4 Å². The van der Waals surface area contributed by atoms with Gasteiger partial charge in [0.1, 0.15) is 29.0 Å². The summed E-state index contributed by atoms with van der Waals surface area (Å²) in [5, 5.41) is 11.6. The van der Waals surface area contributed by atoms with Crippen molar-refractivity contribution in [1.82, 2.24) is 10.3 Å². The largest absolute Gasteiger partial charge is 0.497 e. The number of hydrogen-bond donors (Lipinski definition) is 3. The number of methoxy groups -OCH3 is 1. The Bertz CT molecular complexity index is 1380. The van der Waals surface area contributed by atoms with Gasteiger partial charge in [-0.2, -0.15) is 8.78 Å². The van der Waals surface area contributed by atoms with Gasteiger partial charge in [-0.15, -0.1) is 0 Å². The average molecular weight is 601 g/mol. The molecule has 42 heavy (non-hydrogen) atoms. The van der Waals surface area contributed by atoms with Gasteiger partial charge in [0.15, 0.2) is 11.6 Å². The standard InChI is InChI=1S/C18H16F3N3O3.C8H8FNO.CH2F2O/c1-9(25)22-15-4-3-12(19)18(23-15)24-8-10(5-16(24)26)17-13(20)6-11(27-2)7-14(17)21;1-10-8(11)6-2-4-7(9)5-3-6;2-1(3)4/h3-4,6-7,10H,5,8H2,1-2H3,(H,22,23,25);2-5H,1H3,(H,10,11);1,4H. The molecule has 4 rings (SSSR count). The Morgan fingerprint density at radius 2 is 1.60 bits per heavy atom. The normalized spacial score (nSPS) is 13.9. The summed E-state index contributed by atoms with van der Waals surface area (Å²) in [5.74, 6) is -4.97. The highest BCUT2D eigenvalue weighted by Crippen LogP contribution is 2.36. The summed E-state index contributed by atoms with van der Waals surface area (Å²) < 4.78 is 79.7. The molecule has 1 atom stereocenters. The molecule has 3 aromatic rings. The van der Waals surface area contributed by atoms with E-state index in [2.05, 4.69) is 15.6 Å². The Morgan fingerprint density at radius 1 is 1.02 bits per heavy atom. The van der Waals surface area contributed by atoms with Crippen molar-refractivity contribution in [2.75, 3.05) is 30.9 Å². The third-order valence-electron chi connectivity index (χ3n) is 5.54. The van der Waals surface area contributed by atoms with E-state index in [4.69, 9.17) is 9.84 Å². The van der Waals surface area contributed by atoms with E-state index in [-0.39, 0.29) is 47.6 Å². The molecule has 2 heterocycles. The number of rotatable bonds is 5. The van der Waals surface area contributed by atoms with Crippen molar-refractivity contribution in [3.8, 4) is 5.75 Å². The first-order valence-corrected chi connectivity index (χ1v) is 12.0. The predicted octanol–water partition coefficient (Wildman–Crippen LogP) is 4.37. The highest BCUT2D eigenvalue weighted by atomic mass is 19.3. The number of carbonyl (C=O) groups is 3. The summed E-state index contributed by atoms with van der Waals surface area (Å²) in [6, 6.07) is 9.75. The maximum absolute atomic E-state index is 14.3. The lowest BCUT2D eigenvalue weighted by molar-refractivity contribution is -0.117. The zero-order chi connectivity index (χ0) is 31.6. The van der Waals surface area contributed by atoms with Crippen LogP contribution in [0.2, 0.25) is 0 Å². The Morgan fingerprint density at radius 3 is 2.10 bits per heavy atom. The van der Waals surface area contributed by atoms with Crippen LogP contribution >= 0.6 is 0 Å². The molecule has 1 saturated heterocycles. The lowest BCUT2D eigenvalue weighted by atomic mass is 9.97. The Balaban J connectivity index is 0.000000339. The SMILES string of the molecule is CNC(=O)c1ccc(F)cc1.COc1cc(F)c(C2CC(=O)N(c3nc(NC(C)=O)ccc3F)C2)c(F)c1.OC(F)F. The van der Waals surface area contributed by atoms with Gasteiger partial charge in [-0.25, -0.2) is 22.5 Å². The predicted molar refractivity (Wildman–Crippen MR) is 139 cm³/mol. The van der Waals surface area contributed by atoms with Crippen molar-refractivity contribution < 1.29 is 50.6 Å². The molecule has 0 spiro atoms. The van der Waals surface area contributed by atoms with Gasteiger partial charge in [0, 0.05) is 56.1 Å². The molecule has 226 valence electrons. The molecule has 9 nitrogen and oxygen atoms in total. The molecule has 1 unspecified atom stereocenters. The number of aliphatic hydroxyl groups is 1. The van der Waals surface area contributed by atoms with Crippen LogP contribution in [0.25, 0.3) is 0 Å². The molecule has 0 saturated carbocycles. The van der Waals surface area contributed by atoms with Gasteiger partial charge in [0.2, 0.25) is 11.8 Å². The van der Waals surface area contributed by atoms with Gasteiger partial charge in [0.05, 0.1) is 7.11 Å². The van der Waals surface area contributed by atoms with E-state index in [1.54, 1.807) is 0 Å². The van der Waals surface area contributed by atoms with Crippen LogP contribution in [0.15, 0.2) is 48.5 Å². The summed E-state index contributed by atoms with van der Waals surface area (Å²) in [7, 11) is 2.82. The Kier molecular flexibility index (Phi) is 12.3. The van der Waals surface area contributed by atoms with Crippen LogP contribution in [0.3, 0.4) is 0 Å². The smallest absolute Gasteiger partial charge is 0.342 e. The molecule has 3 N–H and O–H groups in total. The first kappa shape index (κ1) is 33.5. The van der Waals surface area contributed by atoms with E-state index in [0.29, 0.717) is 5.56 Å². The highest BCUT2D eigenvalue weighted by molar-refractivity contribution is 5.96. The number of nitrogens with one attached hydrogen (secondary N) is 2. The fraction of sp³-hybridized carbons (Fsp3) is 0.259. The van der Waals surface area contributed by atoms with Crippen molar-refractivity contribution in [2.24, 2.45) is 0 Å². The molecule has 1 fully saturated rings. The fourth-order valence-corrected chi connectivity index (χ4v) is 3.79. The van der Waals surface area contributed by atoms with Crippen LogP contribution in [0.4, 0.5) is 38.0 Å². The number of aromatic nitrogens is 1. The minimum absolute atomic E-state index is 0.0191. The maximum Gasteiger partial charge on any atom is 0.342 e. The highest BCUT2D eigenvalue weighted by Gasteiger charge is 2.37. The third-order valence-corrected chi connectivity index (χ3v) is 5.54. The van der Waals surface area contributed by atoms with E-state index in [1.807, 2.05) is 0 Å². The van der Waals surface area contributed by atoms with Crippen LogP contribution in [-0.4, -0.2) is 55.1 Å². The molecule has 0 aliphatic carbocycles. The number of benzene rings is 2. The van der Waals surface area contributed by atoms with Crippen molar-refractivity contribution in [3.05, 3.63) is 82.9 Å². The third kappa shape index (κ3) is 9.47. The maximum atomic E-state index is 14.3. The van der Waals surface area contributed by atoms with E-state index in [0.717, 1.165) is 23.1 Å². The second-order valence-electron chi connectivity index (χ2n) is 8.46. The number of pyridine rings is 1. The summed E-state index contributed by atoms with van der Waals surface area (Å²) in [6.07, 6.45) is -0.203. The minimum atomic E-state index is -3.17. The number of hydrogen-bond acceptors (Lipinski definition) is 6.